The first-order valence-corrected chi connectivity index (χ1v) is 7.14. The molecule has 1 aromatic rings. The lowest BCUT2D eigenvalue weighted by atomic mass is 10.2. The quantitative estimate of drug-likeness (QED) is 0.644. The summed E-state index contributed by atoms with van der Waals surface area (Å²) < 4.78 is 14.9. The molecule has 0 spiro atoms. The van der Waals surface area contributed by atoms with Crippen molar-refractivity contribution in [2.75, 3.05) is 47.1 Å². The number of carbonyl (C=O) groups excluding carboxylic acids is 2. The summed E-state index contributed by atoms with van der Waals surface area (Å²) in [5.41, 5.74) is 0.306. The third kappa shape index (κ3) is 6.43. The van der Waals surface area contributed by atoms with Crippen LogP contribution in [0.5, 0.6) is 0 Å². The zero-order valence-electron chi connectivity index (χ0n) is 12.7. The van der Waals surface area contributed by atoms with E-state index in [1.54, 1.807) is 32.4 Å². The molecule has 1 amide bonds. The van der Waals surface area contributed by atoms with Crippen LogP contribution in [0.15, 0.2) is 24.3 Å². The number of nitrogens with zero attached hydrogens (tertiary/aromatic N) is 1. The molecule has 122 valence electrons. The second kappa shape index (κ2) is 10.2. The van der Waals surface area contributed by atoms with Crippen molar-refractivity contribution >= 4 is 23.5 Å². The minimum absolute atomic E-state index is 0.301. The molecule has 0 aliphatic carbocycles. The lowest BCUT2D eigenvalue weighted by Gasteiger charge is -2.21. The van der Waals surface area contributed by atoms with Crippen LogP contribution in [0, 0.1) is 0 Å². The number of amides is 1. The summed E-state index contributed by atoms with van der Waals surface area (Å²) in [6.45, 7) is 1.29. The molecular weight excluding hydrogens is 310 g/mol. The maximum absolute atomic E-state index is 12.1. The van der Waals surface area contributed by atoms with Gasteiger partial charge in [-0.25, -0.2) is 4.79 Å². The first-order valence-electron chi connectivity index (χ1n) is 6.76. The lowest BCUT2D eigenvalue weighted by molar-refractivity contribution is -0.135. The summed E-state index contributed by atoms with van der Waals surface area (Å²) in [6.07, 6.45) is 0. The summed E-state index contributed by atoms with van der Waals surface area (Å²) in [7, 11) is 3.11. The molecule has 0 bridgehead atoms. The Balaban J connectivity index is 2.52. The Morgan fingerprint density at radius 2 is 1.77 bits per heavy atom. The molecule has 0 fully saturated rings. The van der Waals surface area contributed by atoms with E-state index in [1.807, 2.05) is 0 Å². The first-order chi connectivity index (χ1) is 10.6. The van der Waals surface area contributed by atoms with E-state index in [1.165, 1.54) is 11.0 Å². The second-order valence-electron chi connectivity index (χ2n) is 4.45. The molecule has 1 rings (SSSR count). The number of esters is 1. The van der Waals surface area contributed by atoms with Gasteiger partial charge in [-0.3, -0.25) is 4.79 Å². The number of methoxy groups -OCH3 is 2. The van der Waals surface area contributed by atoms with Gasteiger partial charge in [-0.2, -0.15) is 0 Å². The van der Waals surface area contributed by atoms with Crippen molar-refractivity contribution in [3.05, 3.63) is 34.9 Å². The largest absolute Gasteiger partial charge is 0.452 e. The van der Waals surface area contributed by atoms with Crippen molar-refractivity contribution in [3.8, 4) is 0 Å². The molecule has 0 aliphatic heterocycles. The third-order valence-electron chi connectivity index (χ3n) is 2.87. The zero-order chi connectivity index (χ0) is 16.4. The number of hydrogen-bond donors (Lipinski definition) is 0. The molecule has 0 aliphatic rings. The molecule has 0 saturated heterocycles. The van der Waals surface area contributed by atoms with Crippen LogP contribution < -0.4 is 0 Å². The molecular formula is C15H20ClNO5. The highest BCUT2D eigenvalue weighted by Crippen LogP contribution is 2.11. The van der Waals surface area contributed by atoms with Crippen LogP contribution in [-0.2, 0) is 19.0 Å². The summed E-state index contributed by atoms with van der Waals surface area (Å²) in [5.74, 6) is -0.890. The van der Waals surface area contributed by atoms with E-state index in [-0.39, 0.29) is 12.5 Å². The van der Waals surface area contributed by atoms with Crippen molar-refractivity contribution in [1.82, 2.24) is 4.90 Å². The molecule has 0 saturated carbocycles. The Kier molecular flexibility index (Phi) is 8.50. The van der Waals surface area contributed by atoms with E-state index >= 15 is 0 Å². The monoisotopic (exact) mass is 329 g/mol. The van der Waals surface area contributed by atoms with Crippen LogP contribution in [0.3, 0.4) is 0 Å². The average molecular weight is 330 g/mol. The molecule has 0 heterocycles. The smallest absolute Gasteiger partial charge is 0.338 e. The zero-order valence-corrected chi connectivity index (χ0v) is 13.5. The standard InChI is InChI=1S/C15H20ClNO5/c1-20-8-6-17(7-9-21-2)14(18)11-22-15(19)12-4-3-5-13(16)10-12/h3-5,10H,6-9,11H2,1-2H3. The molecule has 6 nitrogen and oxygen atoms in total. The van der Waals surface area contributed by atoms with Crippen molar-refractivity contribution in [3.63, 3.8) is 0 Å². The Labute approximate surface area is 134 Å². The summed E-state index contributed by atoms with van der Waals surface area (Å²) in [4.78, 5) is 25.4. The van der Waals surface area contributed by atoms with Gasteiger partial charge in [0.2, 0.25) is 0 Å². The molecule has 7 heteroatoms. The van der Waals surface area contributed by atoms with Gasteiger partial charge in [0, 0.05) is 32.3 Å². The SMILES string of the molecule is COCCN(CCOC)C(=O)COC(=O)c1cccc(Cl)c1. The maximum atomic E-state index is 12.1. The van der Waals surface area contributed by atoms with E-state index in [9.17, 15) is 9.59 Å². The fourth-order valence-corrected chi connectivity index (χ4v) is 1.87. The first kappa shape index (κ1) is 18.4. The number of benzene rings is 1. The number of carbonyl (C=O) groups is 2. The van der Waals surface area contributed by atoms with Crippen molar-refractivity contribution < 1.29 is 23.8 Å². The molecule has 1 aromatic carbocycles. The van der Waals surface area contributed by atoms with E-state index in [4.69, 9.17) is 25.8 Å². The molecule has 0 N–H and O–H groups in total. The van der Waals surface area contributed by atoms with Gasteiger partial charge in [0.05, 0.1) is 18.8 Å². The molecule has 0 atom stereocenters. The van der Waals surface area contributed by atoms with E-state index in [0.717, 1.165) is 0 Å². The Hall–Kier alpha value is -1.63. The van der Waals surface area contributed by atoms with E-state index < -0.39 is 5.97 Å². The molecule has 0 radical (unpaired) electrons. The van der Waals surface area contributed by atoms with Gasteiger partial charge in [-0.05, 0) is 18.2 Å². The van der Waals surface area contributed by atoms with E-state index in [0.29, 0.717) is 36.9 Å². The Morgan fingerprint density at radius 1 is 1.14 bits per heavy atom. The summed E-state index contributed by atoms with van der Waals surface area (Å²) in [5, 5.41) is 0.433. The van der Waals surface area contributed by atoms with Crippen LogP contribution in [0.25, 0.3) is 0 Å². The molecule has 0 aromatic heterocycles. The van der Waals surface area contributed by atoms with Gasteiger partial charge in [0.1, 0.15) is 0 Å². The van der Waals surface area contributed by atoms with Crippen molar-refractivity contribution in [1.29, 1.82) is 0 Å². The van der Waals surface area contributed by atoms with Gasteiger partial charge in [0.25, 0.3) is 5.91 Å². The lowest BCUT2D eigenvalue weighted by Crippen LogP contribution is -2.39. The molecule has 0 unspecified atom stereocenters. The van der Waals surface area contributed by atoms with Gasteiger partial charge >= 0.3 is 5.97 Å². The average Bonchev–Trinajstić information content (AvgIpc) is 2.52. The topological polar surface area (TPSA) is 65.1 Å². The highest BCUT2D eigenvalue weighted by molar-refractivity contribution is 6.30. The minimum atomic E-state index is -0.589. The fraction of sp³-hybridized carbons (Fsp3) is 0.467. The van der Waals surface area contributed by atoms with Gasteiger partial charge in [0.15, 0.2) is 6.61 Å². The van der Waals surface area contributed by atoms with E-state index in [2.05, 4.69) is 0 Å². The van der Waals surface area contributed by atoms with Crippen molar-refractivity contribution in [2.45, 2.75) is 0 Å². The van der Waals surface area contributed by atoms with Crippen LogP contribution in [0.1, 0.15) is 10.4 Å². The van der Waals surface area contributed by atoms with Crippen LogP contribution >= 0.6 is 11.6 Å². The number of rotatable bonds is 9. The third-order valence-corrected chi connectivity index (χ3v) is 3.11. The highest BCUT2D eigenvalue weighted by atomic mass is 35.5. The second-order valence-corrected chi connectivity index (χ2v) is 4.89. The number of hydrogen-bond acceptors (Lipinski definition) is 5. The Morgan fingerprint density at radius 3 is 2.32 bits per heavy atom. The molecule has 22 heavy (non-hydrogen) atoms. The maximum Gasteiger partial charge on any atom is 0.338 e. The van der Waals surface area contributed by atoms with Crippen LogP contribution in [-0.4, -0.2) is 63.9 Å². The van der Waals surface area contributed by atoms with Crippen LogP contribution in [0.4, 0.5) is 0 Å². The minimum Gasteiger partial charge on any atom is -0.452 e. The Bertz CT molecular complexity index is 487. The normalized spacial score (nSPS) is 10.3. The van der Waals surface area contributed by atoms with Crippen LogP contribution in [0.2, 0.25) is 5.02 Å². The predicted molar refractivity (Wildman–Crippen MR) is 82.1 cm³/mol. The van der Waals surface area contributed by atoms with Gasteiger partial charge < -0.3 is 19.1 Å². The van der Waals surface area contributed by atoms with Crippen molar-refractivity contribution in [2.24, 2.45) is 0 Å². The fourth-order valence-electron chi connectivity index (χ4n) is 1.68. The highest BCUT2D eigenvalue weighted by Gasteiger charge is 2.16. The summed E-state index contributed by atoms with van der Waals surface area (Å²) in [6, 6.07) is 6.36. The van der Waals surface area contributed by atoms with Gasteiger partial charge in [-0.15, -0.1) is 0 Å². The summed E-state index contributed by atoms with van der Waals surface area (Å²) >= 11 is 5.81. The predicted octanol–water partition coefficient (Wildman–Crippen LogP) is 1.62. The number of halogens is 1. The number of ether oxygens (including phenoxy) is 3. The van der Waals surface area contributed by atoms with Gasteiger partial charge in [-0.1, -0.05) is 17.7 Å².